The van der Waals surface area contributed by atoms with Gasteiger partial charge in [-0.15, -0.1) is 0 Å². The number of rotatable bonds is 9. The van der Waals surface area contributed by atoms with Gasteiger partial charge in [-0.3, -0.25) is 0 Å². The van der Waals surface area contributed by atoms with E-state index in [0.29, 0.717) is 12.0 Å². The van der Waals surface area contributed by atoms with Crippen molar-refractivity contribution in [2.45, 2.75) is 61.5 Å². The molecule has 0 unspecified atom stereocenters. The zero-order valence-electron chi connectivity index (χ0n) is 16.4. The van der Waals surface area contributed by atoms with Crippen LogP contribution >= 0.6 is 0 Å². The van der Waals surface area contributed by atoms with Crippen molar-refractivity contribution in [3.05, 3.63) is 59.9 Å². The van der Waals surface area contributed by atoms with Crippen molar-refractivity contribution >= 4 is 20.0 Å². The first-order valence-electron chi connectivity index (χ1n) is 9.52. The van der Waals surface area contributed by atoms with E-state index in [-0.39, 0.29) is 34.2 Å². The molecule has 1 aliphatic rings. The van der Waals surface area contributed by atoms with E-state index in [1.807, 2.05) is 6.92 Å². The lowest BCUT2D eigenvalue weighted by molar-refractivity contribution is 0.323. The molecule has 6 nitrogen and oxygen atoms in total. The molecule has 1 aliphatic carbocycles. The maximum absolute atomic E-state index is 13.2. The highest BCUT2D eigenvalue weighted by atomic mass is 32.2. The fourth-order valence-corrected chi connectivity index (χ4v) is 5.86. The summed E-state index contributed by atoms with van der Waals surface area (Å²) >= 11 is 0. The summed E-state index contributed by atoms with van der Waals surface area (Å²) in [6, 6.07) is 10.6. The number of sulfonamides is 2. The highest BCUT2D eigenvalue weighted by Gasteiger charge is 2.30. The van der Waals surface area contributed by atoms with Crippen LogP contribution in [0.2, 0.25) is 0 Å². The summed E-state index contributed by atoms with van der Waals surface area (Å²) in [6.07, 6.45) is 2.23. The molecule has 0 saturated heterocycles. The highest BCUT2D eigenvalue weighted by molar-refractivity contribution is 7.89. The molecule has 1 atom stereocenters. The molecule has 0 heterocycles. The number of benzene rings is 2. The topological polar surface area (TPSA) is 83.6 Å². The van der Waals surface area contributed by atoms with E-state index in [1.165, 1.54) is 40.7 Å². The Hall–Kier alpha value is -1.81. The Bertz CT molecular complexity index is 1050. The molecule has 0 spiro atoms. The summed E-state index contributed by atoms with van der Waals surface area (Å²) in [5.74, 6) is -0.386. The van der Waals surface area contributed by atoms with Crippen molar-refractivity contribution in [1.82, 2.24) is 9.03 Å². The summed E-state index contributed by atoms with van der Waals surface area (Å²) in [4.78, 5) is 0.0576. The number of hydrogen-bond acceptors (Lipinski definition) is 4. The molecule has 9 heteroatoms. The average Bonchev–Trinajstić information content (AvgIpc) is 3.50. The Labute approximate surface area is 171 Å². The van der Waals surface area contributed by atoms with Crippen LogP contribution < -0.4 is 4.72 Å². The lowest BCUT2D eigenvalue weighted by Gasteiger charge is -2.28. The van der Waals surface area contributed by atoms with E-state index < -0.39 is 20.0 Å². The van der Waals surface area contributed by atoms with Crippen molar-refractivity contribution in [3.63, 3.8) is 0 Å². The maximum atomic E-state index is 13.2. The van der Waals surface area contributed by atoms with Crippen LogP contribution in [0.4, 0.5) is 4.39 Å². The Morgan fingerprint density at radius 1 is 1.00 bits per heavy atom. The van der Waals surface area contributed by atoms with Crippen LogP contribution in [0.15, 0.2) is 58.3 Å². The van der Waals surface area contributed by atoms with Gasteiger partial charge in [0.1, 0.15) is 5.82 Å². The fourth-order valence-electron chi connectivity index (χ4n) is 2.87. The summed E-state index contributed by atoms with van der Waals surface area (Å²) in [7, 11) is -7.52. The maximum Gasteiger partial charge on any atom is 0.243 e. The minimum Gasteiger partial charge on any atom is -0.208 e. The summed E-state index contributed by atoms with van der Waals surface area (Å²) in [5.41, 5.74) is 0.670. The number of nitrogens with zero attached hydrogens (tertiary/aromatic N) is 1. The second-order valence-corrected chi connectivity index (χ2v) is 10.9. The van der Waals surface area contributed by atoms with Crippen LogP contribution in [0.1, 0.15) is 38.7 Å². The standard InChI is InChI=1S/C20H25FN2O4S2/c1-3-15(2)23(14-16-4-6-17(21)7-5-16)29(26,27)20-12-10-19(11-13-20)28(24,25)22-18-8-9-18/h4-7,10-13,15,18,22H,3,8-9,14H2,1-2H3/t15-/m1/s1. The van der Waals surface area contributed by atoms with Gasteiger partial charge in [0.05, 0.1) is 9.79 Å². The molecule has 0 aliphatic heterocycles. The van der Waals surface area contributed by atoms with E-state index >= 15 is 0 Å². The molecule has 1 fully saturated rings. The van der Waals surface area contributed by atoms with Crippen LogP contribution in [-0.4, -0.2) is 33.2 Å². The molecular formula is C20H25FN2O4S2. The second kappa shape index (κ2) is 8.51. The normalized spacial score (nSPS) is 16.1. The van der Waals surface area contributed by atoms with Gasteiger partial charge < -0.3 is 0 Å². The predicted octanol–water partition coefficient (Wildman–Crippen LogP) is 3.26. The van der Waals surface area contributed by atoms with Gasteiger partial charge in [0, 0.05) is 18.6 Å². The largest absolute Gasteiger partial charge is 0.243 e. The van der Waals surface area contributed by atoms with Crippen LogP contribution in [-0.2, 0) is 26.6 Å². The third-order valence-electron chi connectivity index (χ3n) is 4.97. The smallest absolute Gasteiger partial charge is 0.208 e. The van der Waals surface area contributed by atoms with Crippen molar-refractivity contribution < 1.29 is 21.2 Å². The lowest BCUT2D eigenvalue weighted by atomic mass is 10.2. The van der Waals surface area contributed by atoms with Gasteiger partial charge in [0.15, 0.2) is 0 Å². The number of nitrogens with one attached hydrogen (secondary N) is 1. The minimum atomic E-state index is -3.87. The molecule has 3 rings (SSSR count). The Kier molecular flexibility index (Phi) is 6.42. The lowest BCUT2D eigenvalue weighted by Crippen LogP contribution is -2.37. The Balaban J connectivity index is 1.87. The second-order valence-electron chi connectivity index (χ2n) is 7.30. The van der Waals surface area contributed by atoms with Gasteiger partial charge in [-0.05, 0) is 68.1 Å². The van der Waals surface area contributed by atoms with E-state index in [0.717, 1.165) is 12.8 Å². The highest BCUT2D eigenvalue weighted by Crippen LogP contribution is 2.25. The van der Waals surface area contributed by atoms with E-state index in [9.17, 15) is 21.2 Å². The van der Waals surface area contributed by atoms with Gasteiger partial charge in [0.2, 0.25) is 20.0 Å². The first kappa shape index (κ1) is 21.9. The third kappa shape index (κ3) is 5.22. The van der Waals surface area contributed by atoms with E-state index in [1.54, 1.807) is 19.1 Å². The Morgan fingerprint density at radius 2 is 1.55 bits per heavy atom. The van der Waals surface area contributed by atoms with Crippen LogP contribution in [0, 0.1) is 5.82 Å². The molecule has 2 aromatic carbocycles. The van der Waals surface area contributed by atoms with Crippen LogP contribution in [0.3, 0.4) is 0 Å². The van der Waals surface area contributed by atoms with E-state index in [4.69, 9.17) is 0 Å². The summed E-state index contributed by atoms with van der Waals surface area (Å²) in [5, 5.41) is 0. The van der Waals surface area contributed by atoms with Gasteiger partial charge in [0.25, 0.3) is 0 Å². The average molecular weight is 441 g/mol. The van der Waals surface area contributed by atoms with Gasteiger partial charge in [-0.25, -0.2) is 25.9 Å². The van der Waals surface area contributed by atoms with Gasteiger partial charge >= 0.3 is 0 Å². The SMILES string of the molecule is CC[C@@H](C)N(Cc1ccc(F)cc1)S(=O)(=O)c1ccc(S(=O)(=O)NC2CC2)cc1. The third-order valence-corrected chi connectivity index (χ3v) is 8.48. The molecule has 0 bridgehead atoms. The van der Waals surface area contributed by atoms with E-state index in [2.05, 4.69) is 4.72 Å². The molecule has 0 aromatic heterocycles. The zero-order valence-corrected chi connectivity index (χ0v) is 18.0. The first-order valence-corrected chi connectivity index (χ1v) is 12.4. The van der Waals surface area contributed by atoms with Gasteiger partial charge in [-0.2, -0.15) is 4.31 Å². The summed E-state index contributed by atoms with van der Waals surface area (Å²) in [6.45, 7) is 3.79. The summed E-state index contributed by atoms with van der Waals surface area (Å²) < 4.78 is 68.2. The molecule has 158 valence electrons. The van der Waals surface area contributed by atoms with Crippen LogP contribution in [0.25, 0.3) is 0 Å². The van der Waals surface area contributed by atoms with Crippen molar-refractivity contribution in [1.29, 1.82) is 0 Å². The quantitative estimate of drug-likeness (QED) is 0.649. The number of halogens is 1. The Morgan fingerprint density at radius 3 is 2.07 bits per heavy atom. The van der Waals surface area contributed by atoms with Crippen molar-refractivity contribution in [3.8, 4) is 0 Å². The van der Waals surface area contributed by atoms with Crippen LogP contribution in [0.5, 0.6) is 0 Å². The predicted molar refractivity (Wildman–Crippen MR) is 109 cm³/mol. The molecule has 1 N–H and O–H groups in total. The molecule has 2 aromatic rings. The first-order chi connectivity index (χ1) is 13.6. The number of hydrogen-bond donors (Lipinski definition) is 1. The monoisotopic (exact) mass is 440 g/mol. The minimum absolute atomic E-state index is 0.0188. The molecule has 29 heavy (non-hydrogen) atoms. The fraction of sp³-hybridized carbons (Fsp3) is 0.400. The van der Waals surface area contributed by atoms with Crippen molar-refractivity contribution in [2.75, 3.05) is 0 Å². The molecular weight excluding hydrogens is 415 g/mol. The zero-order chi connectivity index (χ0) is 21.2. The molecule has 0 radical (unpaired) electrons. The molecule has 1 saturated carbocycles. The van der Waals surface area contributed by atoms with Crippen molar-refractivity contribution in [2.24, 2.45) is 0 Å². The molecule has 0 amide bonds. The van der Waals surface area contributed by atoms with Gasteiger partial charge in [-0.1, -0.05) is 19.1 Å².